The minimum Gasteiger partial charge on any atom is -0.381 e. The zero-order chi connectivity index (χ0) is 12.7. The molecule has 1 amide bonds. The summed E-state index contributed by atoms with van der Waals surface area (Å²) in [4.78, 5) is 11.5. The van der Waals surface area contributed by atoms with Crippen LogP contribution in [0.15, 0.2) is 0 Å². The summed E-state index contributed by atoms with van der Waals surface area (Å²) in [5, 5.41) is 0. The summed E-state index contributed by atoms with van der Waals surface area (Å²) < 4.78 is 10.8. The maximum atomic E-state index is 11.5. The highest BCUT2D eigenvalue weighted by Gasteiger charge is 2.27. The minimum atomic E-state index is -0.592. The number of hydrogen-bond acceptors (Lipinski definition) is 4. The van der Waals surface area contributed by atoms with Crippen molar-refractivity contribution in [1.82, 2.24) is 5.43 Å². The molecule has 5 heteroatoms. The second-order valence-corrected chi connectivity index (χ2v) is 4.65. The third kappa shape index (κ3) is 4.61. The van der Waals surface area contributed by atoms with E-state index in [4.69, 9.17) is 15.3 Å². The number of hydrazine groups is 1. The molecule has 3 N–H and O–H groups in total. The molecule has 0 spiro atoms. The number of ether oxygens (including phenoxy) is 2. The molecule has 17 heavy (non-hydrogen) atoms. The molecule has 5 nitrogen and oxygen atoms in total. The van der Waals surface area contributed by atoms with Crippen LogP contribution in [0.1, 0.15) is 39.0 Å². The zero-order valence-electron chi connectivity index (χ0n) is 10.8. The van der Waals surface area contributed by atoms with E-state index in [0.717, 1.165) is 18.8 Å². The summed E-state index contributed by atoms with van der Waals surface area (Å²) in [6.07, 6.45) is 5.25. The normalized spacial score (nSPS) is 26.5. The standard InChI is InChI=1S/C12H24N2O3/c1-3-9-5-4-6-10(7-9)17-11(8-16-2)12(15)14-13/h9-11H,3-8,13H2,1-2H3,(H,14,15). The van der Waals surface area contributed by atoms with Crippen LogP contribution in [0, 0.1) is 5.92 Å². The van der Waals surface area contributed by atoms with Gasteiger partial charge in [-0.2, -0.15) is 0 Å². The van der Waals surface area contributed by atoms with Gasteiger partial charge in [0.05, 0.1) is 12.7 Å². The molecule has 0 bridgehead atoms. The number of methoxy groups -OCH3 is 1. The van der Waals surface area contributed by atoms with Gasteiger partial charge >= 0.3 is 0 Å². The SMILES string of the molecule is CCC1CCCC(OC(COC)C(=O)NN)C1. The molecule has 0 aromatic heterocycles. The van der Waals surface area contributed by atoms with Gasteiger partial charge in [0.2, 0.25) is 0 Å². The molecule has 3 unspecified atom stereocenters. The summed E-state index contributed by atoms with van der Waals surface area (Å²) >= 11 is 0. The maximum absolute atomic E-state index is 11.5. The summed E-state index contributed by atoms with van der Waals surface area (Å²) in [6, 6.07) is 0. The Morgan fingerprint density at radius 2 is 2.29 bits per heavy atom. The van der Waals surface area contributed by atoms with E-state index >= 15 is 0 Å². The Morgan fingerprint density at radius 1 is 1.53 bits per heavy atom. The molecule has 0 aromatic carbocycles. The molecular weight excluding hydrogens is 220 g/mol. The highest BCUT2D eigenvalue weighted by atomic mass is 16.5. The van der Waals surface area contributed by atoms with Gasteiger partial charge in [0.25, 0.3) is 5.91 Å². The van der Waals surface area contributed by atoms with E-state index in [2.05, 4.69) is 12.3 Å². The number of hydrogen-bond donors (Lipinski definition) is 2. The fourth-order valence-electron chi connectivity index (χ4n) is 2.39. The average molecular weight is 244 g/mol. The molecule has 1 fully saturated rings. The first-order valence-corrected chi connectivity index (χ1v) is 6.36. The first kappa shape index (κ1) is 14.4. The van der Waals surface area contributed by atoms with Crippen molar-refractivity contribution in [3.8, 4) is 0 Å². The third-order valence-corrected chi connectivity index (χ3v) is 3.42. The van der Waals surface area contributed by atoms with Crippen molar-refractivity contribution >= 4 is 5.91 Å². The number of amides is 1. The van der Waals surface area contributed by atoms with Crippen LogP contribution in [-0.2, 0) is 14.3 Å². The van der Waals surface area contributed by atoms with Crippen LogP contribution in [0.5, 0.6) is 0 Å². The van der Waals surface area contributed by atoms with Crippen molar-refractivity contribution in [1.29, 1.82) is 0 Å². The van der Waals surface area contributed by atoms with Crippen LogP contribution in [0.4, 0.5) is 0 Å². The number of rotatable bonds is 6. The van der Waals surface area contributed by atoms with Gasteiger partial charge in [0.1, 0.15) is 0 Å². The number of carbonyl (C=O) groups is 1. The molecule has 3 atom stereocenters. The molecule has 0 aliphatic heterocycles. The van der Waals surface area contributed by atoms with Crippen LogP contribution in [0.3, 0.4) is 0 Å². The van der Waals surface area contributed by atoms with Crippen LogP contribution in [-0.4, -0.2) is 31.8 Å². The van der Waals surface area contributed by atoms with Gasteiger partial charge in [-0.3, -0.25) is 10.2 Å². The predicted molar refractivity (Wildman–Crippen MR) is 65.1 cm³/mol. The molecule has 0 saturated heterocycles. The van der Waals surface area contributed by atoms with Gasteiger partial charge < -0.3 is 9.47 Å². The van der Waals surface area contributed by atoms with Crippen LogP contribution < -0.4 is 11.3 Å². The van der Waals surface area contributed by atoms with E-state index in [9.17, 15) is 4.79 Å². The lowest BCUT2D eigenvalue weighted by Crippen LogP contribution is -2.45. The van der Waals surface area contributed by atoms with E-state index in [0.29, 0.717) is 0 Å². The van der Waals surface area contributed by atoms with E-state index in [1.807, 2.05) is 0 Å². The molecule has 1 rings (SSSR count). The molecular formula is C12H24N2O3. The summed E-state index contributed by atoms with van der Waals surface area (Å²) in [6.45, 7) is 2.45. The Balaban J connectivity index is 2.45. The second-order valence-electron chi connectivity index (χ2n) is 4.65. The van der Waals surface area contributed by atoms with Crippen molar-refractivity contribution in [2.45, 2.75) is 51.2 Å². The third-order valence-electron chi connectivity index (χ3n) is 3.42. The summed E-state index contributed by atoms with van der Waals surface area (Å²) in [7, 11) is 1.55. The molecule has 0 radical (unpaired) electrons. The number of nitrogens with two attached hydrogens (primary N) is 1. The van der Waals surface area contributed by atoms with Crippen LogP contribution in [0.25, 0.3) is 0 Å². The van der Waals surface area contributed by atoms with Gasteiger partial charge in [-0.15, -0.1) is 0 Å². The Hall–Kier alpha value is -0.650. The van der Waals surface area contributed by atoms with E-state index in [1.54, 1.807) is 7.11 Å². The molecule has 100 valence electrons. The first-order chi connectivity index (χ1) is 8.21. The van der Waals surface area contributed by atoms with Crippen molar-refractivity contribution in [3.63, 3.8) is 0 Å². The van der Waals surface area contributed by atoms with Crippen molar-refractivity contribution < 1.29 is 14.3 Å². The fraction of sp³-hybridized carbons (Fsp3) is 0.917. The Labute approximate surface area is 103 Å². The minimum absolute atomic E-state index is 0.158. The monoisotopic (exact) mass is 244 g/mol. The highest BCUT2D eigenvalue weighted by Crippen LogP contribution is 2.29. The Morgan fingerprint density at radius 3 is 2.88 bits per heavy atom. The van der Waals surface area contributed by atoms with Crippen molar-refractivity contribution in [3.05, 3.63) is 0 Å². The second kappa shape index (κ2) is 7.63. The first-order valence-electron chi connectivity index (χ1n) is 6.36. The highest BCUT2D eigenvalue weighted by molar-refractivity contribution is 5.80. The van der Waals surface area contributed by atoms with Gasteiger partial charge in [-0.05, 0) is 18.8 Å². The topological polar surface area (TPSA) is 73.6 Å². The lowest BCUT2D eigenvalue weighted by Gasteiger charge is -2.30. The molecule has 0 aromatic rings. The van der Waals surface area contributed by atoms with Gasteiger partial charge in [0.15, 0.2) is 6.10 Å². The van der Waals surface area contributed by atoms with Gasteiger partial charge in [0, 0.05) is 7.11 Å². The quantitative estimate of drug-likeness (QED) is 0.415. The predicted octanol–water partition coefficient (Wildman–Crippen LogP) is 0.977. The fourth-order valence-corrected chi connectivity index (χ4v) is 2.39. The Kier molecular flexibility index (Phi) is 6.47. The number of carbonyl (C=O) groups excluding carboxylic acids is 1. The lowest BCUT2D eigenvalue weighted by atomic mass is 9.85. The van der Waals surface area contributed by atoms with E-state index in [1.165, 1.54) is 19.3 Å². The summed E-state index contributed by atoms with van der Waals surface area (Å²) in [5.74, 6) is 5.53. The van der Waals surface area contributed by atoms with Gasteiger partial charge in [-0.25, -0.2) is 5.84 Å². The Bertz CT molecular complexity index is 236. The molecule has 1 aliphatic rings. The van der Waals surface area contributed by atoms with Crippen LogP contribution >= 0.6 is 0 Å². The lowest BCUT2D eigenvalue weighted by molar-refractivity contribution is -0.143. The zero-order valence-corrected chi connectivity index (χ0v) is 10.8. The van der Waals surface area contributed by atoms with E-state index in [-0.39, 0.29) is 18.6 Å². The molecule has 0 heterocycles. The molecule has 1 aliphatic carbocycles. The maximum Gasteiger partial charge on any atom is 0.265 e. The van der Waals surface area contributed by atoms with E-state index < -0.39 is 6.10 Å². The summed E-state index contributed by atoms with van der Waals surface area (Å²) in [5.41, 5.74) is 2.12. The van der Waals surface area contributed by atoms with Crippen molar-refractivity contribution in [2.75, 3.05) is 13.7 Å². The van der Waals surface area contributed by atoms with Crippen molar-refractivity contribution in [2.24, 2.45) is 11.8 Å². The largest absolute Gasteiger partial charge is 0.381 e. The smallest absolute Gasteiger partial charge is 0.265 e. The number of nitrogens with one attached hydrogen (secondary N) is 1. The van der Waals surface area contributed by atoms with Gasteiger partial charge in [-0.1, -0.05) is 26.2 Å². The van der Waals surface area contributed by atoms with Crippen LogP contribution in [0.2, 0.25) is 0 Å². The average Bonchev–Trinajstić information content (AvgIpc) is 2.37. The molecule has 1 saturated carbocycles.